The maximum atomic E-state index is 9.71. The highest BCUT2D eigenvalue weighted by Gasteiger charge is 2.48. The molecule has 0 spiro atoms. The molecular weight excluding hydrogens is 386 g/mol. The Bertz CT molecular complexity index is 468. The van der Waals surface area contributed by atoms with Gasteiger partial charge in [0.1, 0.15) is 5.75 Å². The van der Waals surface area contributed by atoms with E-state index in [1.807, 2.05) is 19.1 Å². The Morgan fingerprint density at radius 1 is 1.35 bits per heavy atom. The lowest BCUT2D eigenvalue weighted by atomic mass is 9.64. The van der Waals surface area contributed by atoms with Crippen molar-refractivity contribution in [2.45, 2.75) is 45.9 Å². The number of phenolic OH excluding ortho intramolecular Hbond substituents is 1. The molecule has 1 aliphatic carbocycles. The quantitative estimate of drug-likeness (QED) is 0.769. The molecule has 0 bridgehead atoms. The van der Waals surface area contributed by atoms with Crippen molar-refractivity contribution in [1.29, 1.82) is 0 Å². The normalized spacial score (nSPS) is 24.4. The Morgan fingerprint density at radius 3 is 2.45 bits per heavy atom. The van der Waals surface area contributed by atoms with Gasteiger partial charge in [0.25, 0.3) is 0 Å². The van der Waals surface area contributed by atoms with Crippen LogP contribution in [0.4, 0.5) is 0 Å². The van der Waals surface area contributed by atoms with Gasteiger partial charge in [-0.1, -0.05) is 13.8 Å². The smallest absolute Gasteiger partial charge is 0.143 e. The maximum Gasteiger partial charge on any atom is 0.143 e. The topological polar surface area (TPSA) is 41.5 Å². The van der Waals surface area contributed by atoms with Crippen molar-refractivity contribution in [2.24, 2.45) is 5.41 Å². The van der Waals surface area contributed by atoms with E-state index in [0.29, 0.717) is 21.1 Å². The molecule has 2 rings (SSSR count). The van der Waals surface area contributed by atoms with Crippen molar-refractivity contribution in [2.75, 3.05) is 6.61 Å². The minimum atomic E-state index is 0.168. The zero-order valence-electron chi connectivity index (χ0n) is 12.0. The number of rotatable bonds is 5. The molecule has 0 aliphatic heterocycles. The summed E-state index contributed by atoms with van der Waals surface area (Å²) in [7, 11) is 0. The first-order chi connectivity index (χ1) is 9.36. The Balaban J connectivity index is 1.94. The Kier molecular flexibility index (Phi) is 5.16. The molecule has 2 unspecified atom stereocenters. The van der Waals surface area contributed by atoms with E-state index in [4.69, 9.17) is 4.74 Å². The molecule has 3 nitrogen and oxygen atoms in total. The number of aromatic hydroxyl groups is 1. The fourth-order valence-electron chi connectivity index (χ4n) is 2.68. The summed E-state index contributed by atoms with van der Waals surface area (Å²) in [4.78, 5) is 0. The molecule has 0 aromatic heterocycles. The van der Waals surface area contributed by atoms with Gasteiger partial charge in [0.15, 0.2) is 0 Å². The highest BCUT2D eigenvalue weighted by molar-refractivity contribution is 9.11. The van der Waals surface area contributed by atoms with Crippen molar-refractivity contribution in [1.82, 2.24) is 5.32 Å². The molecule has 1 aliphatic rings. The molecule has 0 saturated heterocycles. The van der Waals surface area contributed by atoms with E-state index in [-0.39, 0.29) is 11.2 Å². The van der Waals surface area contributed by atoms with E-state index in [2.05, 4.69) is 51.0 Å². The van der Waals surface area contributed by atoms with Gasteiger partial charge in [-0.3, -0.25) is 0 Å². The SMILES string of the molecule is CCOC1CC(NCc2cc(Br)c(O)c(Br)c2)C1(C)C. The van der Waals surface area contributed by atoms with Gasteiger partial charge in [-0.05, 0) is 62.9 Å². The largest absolute Gasteiger partial charge is 0.506 e. The molecule has 112 valence electrons. The molecule has 0 amide bonds. The van der Waals surface area contributed by atoms with E-state index in [1.54, 1.807) is 0 Å². The highest BCUT2D eigenvalue weighted by atomic mass is 79.9. The number of hydrogen-bond acceptors (Lipinski definition) is 3. The summed E-state index contributed by atoms with van der Waals surface area (Å²) < 4.78 is 7.16. The maximum absolute atomic E-state index is 9.71. The van der Waals surface area contributed by atoms with E-state index >= 15 is 0 Å². The summed E-state index contributed by atoms with van der Waals surface area (Å²) in [5, 5.41) is 13.3. The van der Waals surface area contributed by atoms with Gasteiger partial charge in [0.2, 0.25) is 0 Å². The average molecular weight is 407 g/mol. The number of benzene rings is 1. The molecule has 1 aromatic rings. The van der Waals surface area contributed by atoms with Crippen LogP contribution in [0.3, 0.4) is 0 Å². The van der Waals surface area contributed by atoms with Gasteiger partial charge in [-0.15, -0.1) is 0 Å². The molecule has 1 fully saturated rings. The second kappa shape index (κ2) is 6.34. The van der Waals surface area contributed by atoms with Gasteiger partial charge in [-0.2, -0.15) is 0 Å². The van der Waals surface area contributed by atoms with Crippen LogP contribution in [0.1, 0.15) is 32.8 Å². The standard InChI is InChI=1S/C15H21Br2NO2/c1-4-20-13-7-12(15(13,2)3)18-8-9-5-10(16)14(19)11(17)6-9/h5-6,12-13,18-19H,4,7-8H2,1-3H3. The van der Waals surface area contributed by atoms with E-state index in [0.717, 1.165) is 25.1 Å². The highest BCUT2D eigenvalue weighted by Crippen LogP contribution is 2.43. The first kappa shape index (κ1) is 16.3. The predicted molar refractivity (Wildman–Crippen MR) is 87.9 cm³/mol. The lowest BCUT2D eigenvalue weighted by Gasteiger charge is -2.52. The molecule has 5 heteroatoms. The van der Waals surface area contributed by atoms with Crippen molar-refractivity contribution in [3.63, 3.8) is 0 Å². The molecule has 2 N–H and O–H groups in total. The molecule has 2 atom stereocenters. The van der Waals surface area contributed by atoms with Crippen LogP contribution >= 0.6 is 31.9 Å². The molecule has 1 saturated carbocycles. The lowest BCUT2D eigenvalue weighted by molar-refractivity contribution is -0.114. The Morgan fingerprint density at radius 2 is 1.95 bits per heavy atom. The third-order valence-corrected chi connectivity index (χ3v) is 5.38. The lowest BCUT2D eigenvalue weighted by Crippen LogP contribution is -2.60. The Labute approximate surface area is 137 Å². The Hall–Kier alpha value is -0.100. The summed E-state index contributed by atoms with van der Waals surface area (Å²) in [5.41, 5.74) is 1.30. The number of nitrogens with one attached hydrogen (secondary N) is 1. The van der Waals surface area contributed by atoms with Gasteiger partial charge in [-0.25, -0.2) is 0 Å². The van der Waals surface area contributed by atoms with Crippen LogP contribution in [0.15, 0.2) is 21.1 Å². The van der Waals surface area contributed by atoms with E-state index < -0.39 is 0 Å². The zero-order chi connectivity index (χ0) is 14.9. The molecule has 0 heterocycles. The summed E-state index contributed by atoms with van der Waals surface area (Å²) in [5.74, 6) is 0.245. The number of phenols is 1. The van der Waals surface area contributed by atoms with Gasteiger partial charge in [0.05, 0.1) is 15.0 Å². The van der Waals surface area contributed by atoms with Crippen molar-refractivity contribution in [3.8, 4) is 5.75 Å². The molecule has 1 aromatic carbocycles. The third kappa shape index (κ3) is 3.21. The van der Waals surface area contributed by atoms with Gasteiger partial charge in [0, 0.05) is 24.6 Å². The van der Waals surface area contributed by atoms with Crippen LogP contribution in [0.25, 0.3) is 0 Å². The zero-order valence-corrected chi connectivity index (χ0v) is 15.2. The van der Waals surface area contributed by atoms with Gasteiger partial charge < -0.3 is 15.2 Å². The van der Waals surface area contributed by atoms with E-state index in [1.165, 1.54) is 0 Å². The minimum Gasteiger partial charge on any atom is -0.506 e. The summed E-state index contributed by atoms with van der Waals surface area (Å²) in [6.45, 7) is 8.10. The number of ether oxygens (including phenoxy) is 1. The summed E-state index contributed by atoms with van der Waals surface area (Å²) >= 11 is 6.72. The van der Waals surface area contributed by atoms with Crippen LogP contribution in [-0.2, 0) is 11.3 Å². The first-order valence-corrected chi connectivity index (χ1v) is 8.46. The van der Waals surface area contributed by atoms with Crippen molar-refractivity contribution < 1.29 is 9.84 Å². The monoisotopic (exact) mass is 405 g/mol. The van der Waals surface area contributed by atoms with Crippen LogP contribution < -0.4 is 5.32 Å². The summed E-state index contributed by atoms with van der Waals surface area (Å²) in [6, 6.07) is 4.35. The number of hydrogen-bond donors (Lipinski definition) is 2. The van der Waals surface area contributed by atoms with Crippen LogP contribution in [0, 0.1) is 5.41 Å². The number of halogens is 2. The fraction of sp³-hybridized carbons (Fsp3) is 0.600. The minimum absolute atomic E-state index is 0.168. The molecular formula is C15H21Br2NO2. The average Bonchev–Trinajstić information content (AvgIpc) is 2.39. The second-order valence-electron chi connectivity index (χ2n) is 5.84. The van der Waals surface area contributed by atoms with Crippen LogP contribution in [-0.4, -0.2) is 23.9 Å². The van der Waals surface area contributed by atoms with E-state index in [9.17, 15) is 5.11 Å². The van der Waals surface area contributed by atoms with Crippen LogP contribution in [0.5, 0.6) is 5.75 Å². The first-order valence-electron chi connectivity index (χ1n) is 6.88. The van der Waals surface area contributed by atoms with Crippen LogP contribution in [0.2, 0.25) is 0 Å². The summed E-state index contributed by atoms with van der Waals surface area (Å²) in [6.07, 6.45) is 1.41. The predicted octanol–water partition coefficient (Wildman–Crippen LogP) is 4.21. The second-order valence-corrected chi connectivity index (χ2v) is 7.55. The third-order valence-electron chi connectivity index (χ3n) is 4.17. The fourth-order valence-corrected chi connectivity index (χ4v) is 3.96. The molecule has 0 radical (unpaired) electrons. The van der Waals surface area contributed by atoms with Crippen molar-refractivity contribution >= 4 is 31.9 Å². The van der Waals surface area contributed by atoms with Crippen molar-refractivity contribution in [3.05, 3.63) is 26.6 Å². The molecule has 20 heavy (non-hydrogen) atoms. The van der Waals surface area contributed by atoms with Gasteiger partial charge >= 0.3 is 0 Å².